The average Bonchev–Trinajstić information content (AvgIpc) is 2.20. The van der Waals surface area contributed by atoms with E-state index in [2.05, 4.69) is 64.5 Å². The lowest BCUT2D eigenvalue weighted by Crippen LogP contribution is -2.38. The molecular weight excluding hydrogens is 252 g/mol. The van der Waals surface area contributed by atoms with Crippen LogP contribution in [0.1, 0.15) is 5.56 Å². The number of halogens is 1. The maximum absolute atomic E-state index is 3.45. The Labute approximate surface area is 101 Å². The van der Waals surface area contributed by atoms with Gasteiger partial charge >= 0.3 is 0 Å². The number of hydrogen-bond donors (Lipinski definition) is 1. The number of likely N-dealkylation sites (N-methyl/N-ethyl adjacent to an activating group) is 2. The van der Waals surface area contributed by atoms with Crippen LogP contribution in [0.4, 0.5) is 0 Å². The Morgan fingerprint density at radius 2 is 1.87 bits per heavy atom. The second-order valence-electron chi connectivity index (χ2n) is 4.01. The van der Waals surface area contributed by atoms with Crippen LogP contribution in [-0.4, -0.2) is 38.6 Å². The predicted molar refractivity (Wildman–Crippen MR) is 69.2 cm³/mol. The summed E-state index contributed by atoms with van der Waals surface area (Å²) in [4.78, 5) is 2.26. The molecule has 84 valence electrons. The third kappa shape index (κ3) is 4.33. The number of nitrogens with zero attached hydrogens (tertiary/aromatic N) is 1. The fourth-order valence-corrected chi connectivity index (χ4v) is 1.83. The number of hydrogen-bond acceptors (Lipinski definition) is 2. The summed E-state index contributed by atoms with van der Waals surface area (Å²) in [5.41, 5.74) is 1.38. The highest BCUT2D eigenvalue weighted by Crippen LogP contribution is 2.12. The molecule has 15 heavy (non-hydrogen) atoms. The SMILES string of the molecule is CNCC(Cc1ccc(Br)cc1)N(C)C. The average molecular weight is 271 g/mol. The lowest BCUT2D eigenvalue weighted by atomic mass is 10.1. The van der Waals surface area contributed by atoms with Gasteiger partial charge in [-0.3, -0.25) is 0 Å². The highest BCUT2D eigenvalue weighted by atomic mass is 79.9. The molecular formula is C12H19BrN2. The molecule has 0 amide bonds. The van der Waals surface area contributed by atoms with Crippen molar-refractivity contribution in [1.29, 1.82) is 0 Å². The van der Waals surface area contributed by atoms with Gasteiger partial charge in [-0.05, 0) is 45.3 Å². The smallest absolute Gasteiger partial charge is 0.0254 e. The topological polar surface area (TPSA) is 15.3 Å². The first-order chi connectivity index (χ1) is 7.13. The van der Waals surface area contributed by atoms with E-state index in [-0.39, 0.29) is 0 Å². The Morgan fingerprint density at radius 1 is 1.27 bits per heavy atom. The molecule has 0 aliphatic carbocycles. The summed E-state index contributed by atoms with van der Waals surface area (Å²) in [5.74, 6) is 0. The number of benzene rings is 1. The van der Waals surface area contributed by atoms with Crippen molar-refractivity contribution in [2.75, 3.05) is 27.7 Å². The van der Waals surface area contributed by atoms with Gasteiger partial charge in [-0.2, -0.15) is 0 Å². The minimum absolute atomic E-state index is 0.552. The molecule has 1 atom stereocenters. The zero-order valence-corrected chi connectivity index (χ0v) is 11.2. The van der Waals surface area contributed by atoms with Crippen molar-refractivity contribution in [2.24, 2.45) is 0 Å². The van der Waals surface area contributed by atoms with E-state index in [0.29, 0.717) is 6.04 Å². The largest absolute Gasteiger partial charge is 0.318 e. The van der Waals surface area contributed by atoms with Crippen LogP contribution in [0.5, 0.6) is 0 Å². The van der Waals surface area contributed by atoms with Gasteiger partial charge in [-0.25, -0.2) is 0 Å². The van der Waals surface area contributed by atoms with Gasteiger partial charge in [0, 0.05) is 17.1 Å². The molecule has 0 bridgehead atoms. The zero-order chi connectivity index (χ0) is 11.3. The van der Waals surface area contributed by atoms with E-state index < -0.39 is 0 Å². The number of rotatable bonds is 5. The fourth-order valence-electron chi connectivity index (χ4n) is 1.57. The van der Waals surface area contributed by atoms with Gasteiger partial charge in [0.05, 0.1) is 0 Å². The second-order valence-corrected chi connectivity index (χ2v) is 4.92. The summed E-state index contributed by atoms with van der Waals surface area (Å²) >= 11 is 3.45. The lowest BCUT2D eigenvalue weighted by molar-refractivity contribution is 0.286. The summed E-state index contributed by atoms with van der Waals surface area (Å²) in [5, 5.41) is 3.23. The van der Waals surface area contributed by atoms with Gasteiger partial charge in [0.2, 0.25) is 0 Å². The van der Waals surface area contributed by atoms with E-state index in [1.807, 2.05) is 7.05 Å². The first kappa shape index (κ1) is 12.7. The van der Waals surface area contributed by atoms with Crippen molar-refractivity contribution < 1.29 is 0 Å². The molecule has 1 rings (SSSR count). The van der Waals surface area contributed by atoms with Gasteiger partial charge in [0.15, 0.2) is 0 Å². The molecule has 0 fully saturated rings. The molecule has 0 radical (unpaired) electrons. The van der Waals surface area contributed by atoms with Crippen LogP contribution in [0, 0.1) is 0 Å². The molecule has 0 aromatic heterocycles. The molecule has 0 saturated carbocycles. The quantitative estimate of drug-likeness (QED) is 0.882. The molecule has 1 aromatic rings. The zero-order valence-electron chi connectivity index (χ0n) is 9.63. The Kier molecular flexibility index (Phi) is 5.29. The minimum Gasteiger partial charge on any atom is -0.318 e. The van der Waals surface area contributed by atoms with Gasteiger partial charge < -0.3 is 10.2 Å². The van der Waals surface area contributed by atoms with Crippen LogP contribution >= 0.6 is 15.9 Å². The molecule has 1 N–H and O–H groups in total. The van der Waals surface area contributed by atoms with E-state index in [0.717, 1.165) is 17.4 Å². The van der Waals surface area contributed by atoms with Gasteiger partial charge in [0.25, 0.3) is 0 Å². The molecule has 0 spiro atoms. The maximum Gasteiger partial charge on any atom is 0.0254 e. The van der Waals surface area contributed by atoms with Crippen molar-refractivity contribution in [1.82, 2.24) is 10.2 Å². The monoisotopic (exact) mass is 270 g/mol. The first-order valence-corrected chi connectivity index (χ1v) is 5.98. The summed E-state index contributed by atoms with van der Waals surface area (Å²) < 4.78 is 1.14. The van der Waals surface area contributed by atoms with E-state index in [4.69, 9.17) is 0 Å². The standard InChI is InChI=1S/C12H19BrN2/c1-14-9-12(15(2)3)8-10-4-6-11(13)7-5-10/h4-7,12,14H,8-9H2,1-3H3. The van der Waals surface area contributed by atoms with Gasteiger partial charge in [-0.15, -0.1) is 0 Å². The van der Waals surface area contributed by atoms with Crippen molar-refractivity contribution in [3.05, 3.63) is 34.3 Å². The molecule has 0 saturated heterocycles. The van der Waals surface area contributed by atoms with E-state index in [1.54, 1.807) is 0 Å². The van der Waals surface area contributed by atoms with Crippen LogP contribution in [-0.2, 0) is 6.42 Å². The van der Waals surface area contributed by atoms with Crippen LogP contribution in [0.15, 0.2) is 28.7 Å². The maximum atomic E-state index is 3.45. The van der Waals surface area contributed by atoms with Crippen molar-refractivity contribution in [3.8, 4) is 0 Å². The normalized spacial score (nSPS) is 13.1. The predicted octanol–water partition coefficient (Wildman–Crippen LogP) is 2.14. The van der Waals surface area contributed by atoms with Crippen molar-refractivity contribution in [2.45, 2.75) is 12.5 Å². The molecule has 1 aromatic carbocycles. The summed E-state index contributed by atoms with van der Waals surface area (Å²) in [6.45, 7) is 1.02. The highest BCUT2D eigenvalue weighted by molar-refractivity contribution is 9.10. The molecule has 0 aliphatic rings. The van der Waals surface area contributed by atoms with E-state index >= 15 is 0 Å². The van der Waals surface area contributed by atoms with Crippen molar-refractivity contribution in [3.63, 3.8) is 0 Å². The third-order valence-corrected chi connectivity index (χ3v) is 3.08. The Balaban J connectivity index is 2.61. The fraction of sp³-hybridized carbons (Fsp3) is 0.500. The van der Waals surface area contributed by atoms with Crippen LogP contribution in [0.25, 0.3) is 0 Å². The minimum atomic E-state index is 0.552. The van der Waals surface area contributed by atoms with Crippen LogP contribution in [0.3, 0.4) is 0 Å². The molecule has 0 heterocycles. The second kappa shape index (κ2) is 6.26. The summed E-state index contributed by atoms with van der Waals surface area (Å²) in [6.07, 6.45) is 1.08. The third-order valence-electron chi connectivity index (χ3n) is 2.55. The highest BCUT2D eigenvalue weighted by Gasteiger charge is 2.10. The summed E-state index contributed by atoms with van der Waals surface area (Å²) in [7, 11) is 6.25. The molecule has 1 unspecified atom stereocenters. The summed E-state index contributed by atoms with van der Waals surface area (Å²) in [6, 6.07) is 9.10. The molecule has 0 aliphatic heterocycles. The number of nitrogens with one attached hydrogen (secondary N) is 1. The van der Waals surface area contributed by atoms with Crippen molar-refractivity contribution >= 4 is 15.9 Å². The lowest BCUT2D eigenvalue weighted by Gasteiger charge is -2.24. The van der Waals surface area contributed by atoms with Crippen LogP contribution < -0.4 is 5.32 Å². The van der Waals surface area contributed by atoms with Crippen LogP contribution in [0.2, 0.25) is 0 Å². The van der Waals surface area contributed by atoms with E-state index in [1.165, 1.54) is 5.56 Å². The van der Waals surface area contributed by atoms with Gasteiger partial charge in [-0.1, -0.05) is 28.1 Å². The Bertz CT molecular complexity index is 282. The van der Waals surface area contributed by atoms with Gasteiger partial charge in [0.1, 0.15) is 0 Å². The Morgan fingerprint density at radius 3 is 2.33 bits per heavy atom. The first-order valence-electron chi connectivity index (χ1n) is 5.19. The Hall–Kier alpha value is -0.380. The van der Waals surface area contributed by atoms with E-state index in [9.17, 15) is 0 Å². The molecule has 2 nitrogen and oxygen atoms in total. The molecule has 3 heteroatoms.